The molecule has 1 saturated heterocycles. The number of hydrogen-bond acceptors (Lipinski definition) is 6. The monoisotopic (exact) mass is 423 g/mol. The molecule has 2 aromatic rings. The van der Waals surface area contributed by atoms with Crippen LogP contribution < -0.4 is 15.5 Å². The fraction of sp³-hybridized carbons (Fsp3) is 0.478. The van der Waals surface area contributed by atoms with Crippen LogP contribution in [0.4, 0.5) is 10.7 Å². The average molecular weight is 424 g/mol. The normalized spacial score (nSPS) is 18.4. The zero-order chi connectivity index (χ0) is 21.5. The fourth-order valence-corrected chi connectivity index (χ4v) is 4.34. The number of hydrogen-bond donors (Lipinski definition) is 2. The third-order valence-electron chi connectivity index (χ3n) is 6.11. The van der Waals surface area contributed by atoms with E-state index in [4.69, 9.17) is 4.74 Å². The molecule has 1 saturated carbocycles. The zero-order valence-electron chi connectivity index (χ0n) is 17.6. The molecule has 1 aliphatic carbocycles. The van der Waals surface area contributed by atoms with Crippen molar-refractivity contribution in [3.8, 4) is 0 Å². The second-order valence-electron chi connectivity index (χ2n) is 8.26. The minimum Gasteiger partial charge on any atom is -0.445 e. The third kappa shape index (κ3) is 5.31. The van der Waals surface area contributed by atoms with Gasteiger partial charge in [-0.25, -0.2) is 14.8 Å². The first-order chi connectivity index (χ1) is 15.1. The van der Waals surface area contributed by atoms with Gasteiger partial charge in [0.05, 0.1) is 0 Å². The van der Waals surface area contributed by atoms with Crippen molar-refractivity contribution in [2.45, 2.75) is 56.7 Å². The van der Waals surface area contributed by atoms with Gasteiger partial charge in [-0.3, -0.25) is 4.79 Å². The summed E-state index contributed by atoms with van der Waals surface area (Å²) in [5, 5.41) is 6.06. The lowest BCUT2D eigenvalue weighted by Crippen LogP contribution is -2.59. The number of benzene rings is 1. The Morgan fingerprint density at radius 2 is 1.71 bits per heavy atom. The van der Waals surface area contributed by atoms with Gasteiger partial charge in [-0.1, -0.05) is 43.2 Å². The number of ether oxygens (including phenoxy) is 1. The van der Waals surface area contributed by atoms with Crippen LogP contribution in [0.15, 0.2) is 48.8 Å². The molecule has 0 radical (unpaired) electrons. The second kappa shape index (κ2) is 9.76. The van der Waals surface area contributed by atoms with Crippen LogP contribution in [0.3, 0.4) is 0 Å². The number of anilines is 1. The summed E-state index contributed by atoms with van der Waals surface area (Å²) in [5.41, 5.74) is 0.0321. The molecular formula is C23H29N5O3. The van der Waals surface area contributed by atoms with E-state index in [1.165, 1.54) is 0 Å². The molecule has 8 nitrogen and oxygen atoms in total. The van der Waals surface area contributed by atoms with E-state index in [1.54, 1.807) is 18.5 Å². The van der Waals surface area contributed by atoms with Gasteiger partial charge < -0.3 is 20.3 Å². The van der Waals surface area contributed by atoms with E-state index in [-0.39, 0.29) is 18.6 Å². The highest BCUT2D eigenvalue weighted by Gasteiger charge is 2.43. The smallest absolute Gasteiger partial charge is 0.408 e. The van der Waals surface area contributed by atoms with Crippen LogP contribution in [-0.2, 0) is 16.1 Å². The Labute approximate surface area is 182 Å². The van der Waals surface area contributed by atoms with E-state index in [9.17, 15) is 9.59 Å². The number of rotatable bonds is 6. The van der Waals surface area contributed by atoms with Crippen molar-refractivity contribution in [2.75, 3.05) is 18.0 Å². The molecule has 2 heterocycles. The Balaban J connectivity index is 1.29. The molecule has 0 unspecified atom stereocenters. The molecule has 0 spiro atoms. The van der Waals surface area contributed by atoms with Crippen LogP contribution in [0.1, 0.15) is 44.1 Å². The molecule has 4 rings (SSSR count). The Hall–Kier alpha value is -3.16. The van der Waals surface area contributed by atoms with E-state index in [0.29, 0.717) is 12.8 Å². The van der Waals surface area contributed by atoms with Crippen molar-refractivity contribution in [1.29, 1.82) is 0 Å². The molecule has 0 atom stereocenters. The van der Waals surface area contributed by atoms with Crippen LogP contribution in [0, 0.1) is 0 Å². The maximum absolute atomic E-state index is 13.2. The Morgan fingerprint density at radius 1 is 1.03 bits per heavy atom. The van der Waals surface area contributed by atoms with E-state index in [1.807, 2.05) is 30.3 Å². The van der Waals surface area contributed by atoms with E-state index >= 15 is 0 Å². The van der Waals surface area contributed by atoms with Crippen LogP contribution in [0.5, 0.6) is 0 Å². The first-order valence-electron chi connectivity index (χ1n) is 11.0. The van der Waals surface area contributed by atoms with Gasteiger partial charge in [0.25, 0.3) is 0 Å². The van der Waals surface area contributed by atoms with Crippen LogP contribution in [0.2, 0.25) is 0 Å². The number of alkyl carbamates (subject to hydrolysis) is 1. The molecule has 31 heavy (non-hydrogen) atoms. The van der Waals surface area contributed by atoms with Gasteiger partial charge >= 0.3 is 6.09 Å². The molecule has 2 aliphatic rings. The van der Waals surface area contributed by atoms with Crippen LogP contribution >= 0.6 is 0 Å². The summed E-state index contributed by atoms with van der Waals surface area (Å²) < 4.78 is 5.37. The van der Waals surface area contributed by atoms with Gasteiger partial charge in [-0.05, 0) is 37.3 Å². The SMILES string of the molecule is O=C(NC1(C(=O)NC2CCN(c3ncccn3)CC2)CCCC1)OCc1ccccc1. The molecular weight excluding hydrogens is 394 g/mol. The first-order valence-corrected chi connectivity index (χ1v) is 11.0. The Morgan fingerprint density at radius 3 is 2.39 bits per heavy atom. The molecule has 1 aliphatic heterocycles. The molecule has 1 aromatic carbocycles. The highest BCUT2D eigenvalue weighted by molar-refractivity contribution is 5.90. The number of carbonyl (C=O) groups is 2. The number of amides is 2. The summed E-state index contributed by atoms with van der Waals surface area (Å²) in [6.07, 6.45) is 7.66. The summed E-state index contributed by atoms with van der Waals surface area (Å²) in [5.74, 6) is 0.624. The molecule has 0 bridgehead atoms. The zero-order valence-corrected chi connectivity index (χ0v) is 17.6. The van der Waals surface area contributed by atoms with E-state index in [2.05, 4.69) is 25.5 Å². The van der Waals surface area contributed by atoms with Gasteiger partial charge in [0, 0.05) is 31.5 Å². The summed E-state index contributed by atoms with van der Waals surface area (Å²) in [4.78, 5) is 36.4. The highest BCUT2D eigenvalue weighted by atomic mass is 16.5. The highest BCUT2D eigenvalue weighted by Crippen LogP contribution is 2.30. The molecule has 1 aromatic heterocycles. The number of aromatic nitrogens is 2. The van der Waals surface area contributed by atoms with Crippen molar-refractivity contribution in [3.05, 3.63) is 54.4 Å². The summed E-state index contributed by atoms with van der Waals surface area (Å²) in [6.45, 7) is 1.76. The van der Waals surface area contributed by atoms with Crippen LogP contribution in [0.25, 0.3) is 0 Å². The van der Waals surface area contributed by atoms with Crippen molar-refractivity contribution in [3.63, 3.8) is 0 Å². The lowest BCUT2D eigenvalue weighted by molar-refractivity contribution is -0.128. The van der Waals surface area contributed by atoms with Gasteiger partial charge in [-0.2, -0.15) is 0 Å². The third-order valence-corrected chi connectivity index (χ3v) is 6.11. The van der Waals surface area contributed by atoms with Crippen molar-refractivity contribution in [2.24, 2.45) is 0 Å². The number of piperidine rings is 1. The molecule has 2 amide bonds. The Bertz CT molecular complexity index is 863. The summed E-state index contributed by atoms with van der Waals surface area (Å²) in [6, 6.07) is 11.4. The number of carbonyl (C=O) groups excluding carboxylic acids is 2. The minimum absolute atomic E-state index is 0.0760. The predicted molar refractivity (Wildman–Crippen MR) is 116 cm³/mol. The van der Waals surface area contributed by atoms with Crippen molar-refractivity contribution in [1.82, 2.24) is 20.6 Å². The lowest BCUT2D eigenvalue weighted by atomic mass is 9.95. The van der Waals surface area contributed by atoms with E-state index in [0.717, 1.165) is 50.3 Å². The quantitative estimate of drug-likeness (QED) is 0.742. The molecule has 164 valence electrons. The largest absolute Gasteiger partial charge is 0.445 e. The van der Waals surface area contributed by atoms with Crippen LogP contribution in [-0.4, -0.2) is 46.6 Å². The Kier molecular flexibility index (Phi) is 6.64. The maximum atomic E-state index is 13.2. The summed E-state index contributed by atoms with van der Waals surface area (Å²) in [7, 11) is 0. The number of nitrogens with one attached hydrogen (secondary N) is 2. The topological polar surface area (TPSA) is 96.5 Å². The van der Waals surface area contributed by atoms with Crippen molar-refractivity contribution < 1.29 is 14.3 Å². The molecule has 8 heteroatoms. The molecule has 2 N–H and O–H groups in total. The van der Waals surface area contributed by atoms with Gasteiger partial charge in [-0.15, -0.1) is 0 Å². The second-order valence-corrected chi connectivity index (χ2v) is 8.26. The first kappa shape index (κ1) is 21.1. The van der Waals surface area contributed by atoms with Gasteiger partial charge in [0.1, 0.15) is 12.1 Å². The summed E-state index contributed by atoms with van der Waals surface area (Å²) >= 11 is 0. The minimum atomic E-state index is -0.882. The maximum Gasteiger partial charge on any atom is 0.408 e. The van der Waals surface area contributed by atoms with Gasteiger partial charge in [0.2, 0.25) is 11.9 Å². The molecule has 2 fully saturated rings. The standard InChI is InChI=1S/C23H29N5O3/c29-20(26-19-9-15-28(16-10-19)21-24-13-6-14-25-21)23(11-4-5-12-23)27-22(30)31-17-18-7-2-1-3-8-18/h1-3,6-8,13-14,19H,4-5,9-12,15-17H2,(H,26,29)(H,27,30). The van der Waals surface area contributed by atoms with Crippen molar-refractivity contribution >= 4 is 17.9 Å². The number of nitrogens with zero attached hydrogens (tertiary/aromatic N) is 3. The lowest BCUT2D eigenvalue weighted by Gasteiger charge is -2.35. The van der Waals surface area contributed by atoms with Gasteiger partial charge in [0.15, 0.2) is 0 Å². The fourth-order valence-electron chi connectivity index (χ4n) is 4.34. The predicted octanol–water partition coefficient (Wildman–Crippen LogP) is 2.80. The average Bonchev–Trinajstić information content (AvgIpc) is 3.29. The van der Waals surface area contributed by atoms with E-state index < -0.39 is 11.6 Å².